The van der Waals surface area contributed by atoms with Crippen LogP contribution in [0.3, 0.4) is 0 Å². The molecule has 2 amide bonds. The molecule has 1 aromatic heterocycles. The number of likely N-dealkylation sites (tertiary alicyclic amines) is 1. The second kappa shape index (κ2) is 11.3. The smallest absolute Gasteiger partial charge is 0.383 e. The van der Waals surface area contributed by atoms with E-state index < -0.39 is 17.8 Å². The number of alkyl halides is 3. The number of carbonyl (C=O) groups excluding carboxylic acids is 1. The highest BCUT2D eigenvalue weighted by Crippen LogP contribution is 2.30. The molecular weight excluding hydrogens is 421 g/mol. The Balaban J connectivity index is 1.57. The van der Waals surface area contributed by atoms with Gasteiger partial charge in [-0.1, -0.05) is 12.1 Å². The van der Waals surface area contributed by atoms with Crippen LogP contribution in [0.4, 0.5) is 23.7 Å². The van der Waals surface area contributed by atoms with Crippen molar-refractivity contribution in [1.29, 1.82) is 0 Å². The van der Waals surface area contributed by atoms with Crippen LogP contribution in [-0.4, -0.2) is 66.8 Å². The molecule has 1 aliphatic rings. The number of carbonyl (C=O) groups is 1. The number of hydrogen-bond acceptors (Lipinski definition) is 4. The van der Waals surface area contributed by atoms with Crippen LogP contribution in [0.15, 0.2) is 48.7 Å². The lowest BCUT2D eigenvalue weighted by molar-refractivity contribution is -0.137. The van der Waals surface area contributed by atoms with Gasteiger partial charge in [-0.05, 0) is 43.2 Å². The zero-order valence-electron chi connectivity index (χ0n) is 18.1. The van der Waals surface area contributed by atoms with E-state index in [1.807, 2.05) is 18.2 Å². The number of ether oxygens (including phenoxy) is 1. The summed E-state index contributed by atoms with van der Waals surface area (Å²) in [6, 6.07) is 10.2. The number of hydrogen-bond donors (Lipinski definition) is 1. The van der Waals surface area contributed by atoms with E-state index in [0.717, 1.165) is 56.7 Å². The third-order valence-corrected chi connectivity index (χ3v) is 5.65. The Bertz CT molecular complexity index is 856. The average Bonchev–Trinajstić information content (AvgIpc) is 2.79. The molecule has 6 nitrogen and oxygen atoms in total. The summed E-state index contributed by atoms with van der Waals surface area (Å²) in [6.07, 6.45) is -0.213. The van der Waals surface area contributed by atoms with Gasteiger partial charge in [-0.25, -0.2) is 4.79 Å². The van der Waals surface area contributed by atoms with Gasteiger partial charge in [-0.15, -0.1) is 0 Å². The lowest BCUT2D eigenvalue weighted by Gasteiger charge is -2.38. The van der Waals surface area contributed by atoms with Crippen LogP contribution in [0, 0.1) is 0 Å². The summed E-state index contributed by atoms with van der Waals surface area (Å²) in [6.45, 7) is 3.32. The maximum atomic E-state index is 13.0. The molecular formula is C23H29F3N4O2. The first-order valence-corrected chi connectivity index (χ1v) is 10.7. The fourth-order valence-corrected chi connectivity index (χ4v) is 3.88. The van der Waals surface area contributed by atoms with Crippen molar-refractivity contribution in [2.24, 2.45) is 0 Å². The predicted octanol–water partition coefficient (Wildman–Crippen LogP) is 4.29. The van der Waals surface area contributed by atoms with Crippen molar-refractivity contribution in [1.82, 2.24) is 14.8 Å². The molecule has 3 rings (SSSR count). The molecule has 0 unspecified atom stereocenters. The molecule has 0 spiro atoms. The lowest BCUT2D eigenvalue weighted by Crippen LogP contribution is -2.50. The molecule has 0 atom stereocenters. The van der Waals surface area contributed by atoms with E-state index in [-0.39, 0.29) is 11.7 Å². The molecule has 0 bridgehead atoms. The van der Waals surface area contributed by atoms with Gasteiger partial charge in [0.25, 0.3) is 0 Å². The summed E-state index contributed by atoms with van der Waals surface area (Å²) in [5.41, 5.74) is 0.386. The van der Waals surface area contributed by atoms with Gasteiger partial charge in [0.05, 0.1) is 12.2 Å². The minimum atomic E-state index is -4.46. The number of rotatable bonds is 8. The maximum absolute atomic E-state index is 13.0. The van der Waals surface area contributed by atoms with Gasteiger partial charge in [-0.2, -0.15) is 13.2 Å². The number of urea groups is 1. The van der Waals surface area contributed by atoms with Gasteiger partial charge >= 0.3 is 12.2 Å². The quantitative estimate of drug-likeness (QED) is 0.652. The highest BCUT2D eigenvalue weighted by Gasteiger charge is 2.31. The van der Waals surface area contributed by atoms with E-state index in [9.17, 15) is 18.0 Å². The third kappa shape index (κ3) is 6.93. The summed E-state index contributed by atoms with van der Waals surface area (Å²) in [5.74, 6) is 0. The number of nitrogens with zero attached hydrogens (tertiary/aromatic N) is 3. The van der Waals surface area contributed by atoms with Crippen molar-refractivity contribution in [3.8, 4) is 0 Å². The van der Waals surface area contributed by atoms with Crippen LogP contribution in [0.2, 0.25) is 0 Å². The van der Waals surface area contributed by atoms with E-state index in [1.165, 1.54) is 12.1 Å². The van der Waals surface area contributed by atoms with E-state index >= 15 is 0 Å². The van der Waals surface area contributed by atoms with Crippen molar-refractivity contribution in [2.45, 2.75) is 31.5 Å². The topological polar surface area (TPSA) is 57.7 Å². The van der Waals surface area contributed by atoms with Crippen molar-refractivity contribution in [3.05, 3.63) is 59.9 Å². The Morgan fingerprint density at radius 2 is 2.00 bits per heavy atom. The number of anilines is 1. The molecule has 2 heterocycles. The molecule has 0 saturated carbocycles. The van der Waals surface area contributed by atoms with Crippen molar-refractivity contribution >= 4 is 11.7 Å². The first-order valence-electron chi connectivity index (χ1n) is 10.7. The number of benzene rings is 1. The van der Waals surface area contributed by atoms with Crippen LogP contribution in [-0.2, 0) is 17.3 Å². The van der Waals surface area contributed by atoms with Crippen molar-refractivity contribution in [3.63, 3.8) is 0 Å². The van der Waals surface area contributed by atoms with Crippen LogP contribution in [0.1, 0.15) is 24.1 Å². The molecule has 2 aromatic rings. The minimum Gasteiger partial charge on any atom is -0.383 e. The fourth-order valence-electron chi connectivity index (χ4n) is 3.88. The van der Waals surface area contributed by atoms with E-state index in [0.29, 0.717) is 13.2 Å². The highest BCUT2D eigenvalue weighted by molar-refractivity contribution is 5.89. The van der Waals surface area contributed by atoms with Crippen LogP contribution >= 0.6 is 0 Å². The Hall–Kier alpha value is -2.65. The number of piperidine rings is 1. The molecule has 1 aliphatic heterocycles. The first-order chi connectivity index (χ1) is 15.4. The molecule has 9 heteroatoms. The molecule has 0 radical (unpaired) electrons. The van der Waals surface area contributed by atoms with Crippen molar-refractivity contribution < 1.29 is 22.7 Å². The number of halogens is 3. The average molecular weight is 451 g/mol. The van der Waals surface area contributed by atoms with Gasteiger partial charge in [-0.3, -0.25) is 4.98 Å². The number of pyridine rings is 1. The Morgan fingerprint density at radius 1 is 1.22 bits per heavy atom. The Morgan fingerprint density at radius 3 is 2.66 bits per heavy atom. The van der Waals surface area contributed by atoms with Gasteiger partial charge in [0.1, 0.15) is 0 Å². The van der Waals surface area contributed by atoms with Crippen LogP contribution in [0.25, 0.3) is 0 Å². The molecule has 1 aromatic carbocycles. The summed E-state index contributed by atoms with van der Waals surface area (Å²) in [5, 5.41) is 2.63. The Kier molecular flexibility index (Phi) is 8.46. The first kappa shape index (κ1) is 24.0. The number of amides is 2. The summed E-state index contributed by atoms with van der Waals surface area (Å²) in [7, 11) is 1.56. The second-order valence-corrected chi connectivity index (χ2v) is 7.84. The molecule has 32 heavy (non-hydrogen) atoms. The second-order valence-electron chi connectivity index (χ2n) is 7.84. The maximum Gasteiger partial charge on any atom is 0.416 e. The minimum absolute atomic E-state index is 0.00190. The monoisotopic (exact) mass is 450 g/mol. The van der Waals surface area contributed by atoms with Crippen LogP contribution < -0.4 is 5.32 Å². The van der Waals surface area contributed by atoms with Gasteiger partial charge in [0.2, 0.25) is 0 Å². The third-order valence-electron chi connectivity index (χ3n) is 5.65. The van der Waals surface area contributed by atoms with Gasteiger partial charge in [0, 0.05) is 63.3 Å². The number of aromatic nitrogens is 1. The number of methoxy groups -OCH3 is 1. The van der Waals surface area contributed by atoms with E-state index in [1.54, 1.807) is 18.2 Å². The molecule has 0 aliphatic carbocycles. The SMILES string of the molecule is COCCN(C(=O)Nc1cccc(C(F)(F)F)c1)C1CCN(CCc2ccccn2)CC1. The molecule has 174 valence electrons. The van der Waals surface area contributed by atoms with Crippen molar-refractivity contribution in [2.75, 3.05) is 45.2 Å². The molecule has 1 N–H and O–H groups in total. The summed E-state index contributed by atoms with van der Waals surface area (Å²) in [4.78, 5) is 21.3. The lowest BCUT2D eigenvalue weighted by atomic mass is 10.0. The highest BCUT2D eigenvalue weighted by atomic mass is 19.4. The van der Waals surface area contributed by atoms with Crippen LogP contribution in [0.5, 0.6) is 0 Å². The van der Waals surface area contributed by atoms with E-state index in [2.05, 4.69) is 15.2 Å². The normalized spacial score (nSPS) is 15.5. The molecule has 1 saturated heterocycles. The van der Waals surface area contributed by atoms with Gasteiger partial charge in [0.15, 0.2) is 0 Å². The summed E-state index contributed by atoms with van der Waals surface area (Å²) < 4.78 is 44.1. The number of nitrogens with one attached hydrogen (secondary N) is 1. The Labute approximate surface area is 186 Å². The zero-order chi connectivity index (χ0) is 23.0. The summed E-state index contributed by atoms with van der Waals surface area (Å²) >= 11 is 0. The predicted molar refractivity (Wildman–Crippen MR) is 116 cm³/mol. The zero-order valence-corrected chi connectivity index (χ0v) is 18.1. The van der Waals surface area contributed by atoms with Gasteiger partial charge < -0.3 is 19.9 Å². The largest absolute Gasteiger partial charge is 0.416 e. The molecule has 1 fully saturated rings. The van der Waals surface area contributed by atoms with E-state index in [4.69, 9.17) is 4.74 Å². The fraction of sp³-hybridized carbons (Fsp3) is 0.478. The standard InChI is InChI=1S/C23H29F3N4O2/c1-32-16-15-30(22(31)28-20-7-4-5-18(17-20)23(24,25)26)21-9-13-29(14-10-21)12-8-19-6-2-3-11-27-19/h2-7,11,17,21H,8-10,12-16H2,1H3,(H,28,31).